The number of amides is 1. The minimum Gasteiger partial charge on any atom is -0.444 e. The van der Waals surface area contributed by atoms with Crippen LogP contribution in [0, 0.1) is 19.8 Å². The number of aliphatic imine (C=N–C) groups is 1. The third-order valence-electron chi connectivity index (χ3n) is 3.97. The van der Waals surface area contributed by atoms with E-state index >= 15 is 0 Å². The van der Waals surface area contributed by atoms with E-state index < -0.39 is 17.2 Å². The zero-order chi connectivity index (χ0) is 21.5. The molecule has 1 amide bonds. The normalized spacial score (nSPS) is 13.8. The van der Waals surface area contributed by atoms with E-state index in [2.05, 4.69) is 46.0 Å². The Morgan fingerprint density at radius 3 is 2.39 bits per heavy atom. The zero-order valence-electron chi connectivity index (χ0n) is 18.9. The maximum Gasteiger partial charge on any atom is 0.408 e. The monoisotopic (exact) mass is 394 g/mol. The quantitative estimate of drug-likeness (QED) is 0.488. The van der Waals surface area contributed by atoms with Gasteiger partial charge in [-0.05, 0) is 60.5 Å². The summed E-state index contributed by atoms with van der Waals surface area (Å²) >= 11 is 0. The van der Waals surface area contributed by atoms with Gasteiger partial charge < -0.3 is 20.7 Å². The minimum absolute atomic E-state index is 0.379. The number of aryl methyl sites for hydroxylation is 2. The number of aromatic nitrogens is 2. The van der Waals surface area contributed by atoms with Gasteiger partial charge in [-0.15, -0.1) is 0 Å². The third-order valence-corrected chi connectivity index (χ3v) is 3.97. The third kappa shape index (κ3) is 9.10. The van der Waals surface area contributed by atoms with Crippen LogP contribution in [0.15, 0.2) is 11.1 Å². The molecule has 160 valence electrons. The van der Waals surface area contributed by atoms with E-state index in [9.17, 15) is 4.79 Å². The highest BCUT2D eigenvalue weighted by atomic mass is 16.6. The Kier molecular flexibility index (Phi) is 8.32. The summed E-state index contributed by atoms with van der Waals surface area (Å²) in [5.74, 6) is 1.07. The van der Waals surface area contributed by atoms with Crippen molar-refractivity contribution in [2.24, 2.45) is 10.9 Å². The molecule has 0 aliphatic rings. The first-order chi connectivity index (χ1) is 12.8. The van der Waals surface area contributed by atoms with Crippen molar-refractivity contribution in [1.82, 2.24) is 25.7 Å². The molecule has 8 nitrogen and oxygen atoms in total. The molecule has 1 aromatic rings. The number of ether oxygens (including phenoxy) is 1. The molecular formula is C20H38N6O2. The van der Waals surface area contributed by atoms with Crippen LogP contribution in [0.5, 0.6) is 0 Å². The first-order valence-corrected chi connectivity index (χ1v) is 9.78. The van der Waals surface area contributed by atoms with Crippen LogP contribution in [0.1, 0.15) is 52.9 Å². The number of guanidine groups is 1. The second kappa shape index (κ2) is 9.80. The molecule has 1 heterocycles. The van der Waals surface area contributed by atoms with E-state index in [1.54, 1.807) is 7.05 Å². The SMILES string of the molecule is CN=C(NCC(C)Cn1nc(C)cc1C)NCC(C)(C)NC(=O)OC(C)(C)C. The van der Waals surface area contributed by atoms with Crippen LogP contribution < -0.4 is 16.0 Å². The van der Waals surface area contributed by atoms with E-state index in [4.69, 9.17) is 4.74 Å². The predicted octanol–water partition coefficient (Wildman–Crippen LogP) is 2.60. The maximum absolute atomic E-state index is 12.0. The molecule has 3 N–H and O–H groups in total. The number of rotatable bonds is 7. The summed E-state index contributed by atoms with van der Waals surface area (Å²) in [4.78, 5) is 16.2. The van der Waals surface area contributed by atoms with Crippen molar-refractivity contribution in [2.45, 2.75) is 73.1 Å². The van der Waals surface area contributed by atoms with Gasteiger partial charge >= 0.3 is 6.09 Å². The van der Waals surface area contributed by atoms with Gasteiger partial charge in [0, 0.05) is 32.4 Å². The summed E-state index contributed by atoms with van der Waals surface area (Å²) in [6.07, 6.45) is -0.430. The summed E-state index contributed by atoms with van der Waals surface area (Å²) in [5.41, 5.74) is 1.19. The number of carbonyl (C=O) groups is 1. The van der Waals surface area contributed by atoms with Gasteiger partial charge in [0.05, 0.1) is 11.2 Å². The second-order valence-electron chi connectivity index (χ2n) is 9.03. The van der Waals surface area contributed by atoms with Crippen LogP contribution in [0.3, 0.4) is 0 Å². The van der Waals surface area contributed by atoms with Gasteiger partial charge in [0.2, 0.25) is 0 Å². The molecule has 1 atom stereocenters. The molecule has 0 aliphatic heterocycles. The molecule has 8 heteroatoms. The van der Waals surface area contributed by atoms with Gasteiger partial charge in [0.1, 0.15) is 5.60 Å². The highest BCUT2D eigenvalue weighted by molar-refractivity contribution is 5.79. The van der Waals surface area contributed by atoms with Crippen LogP contribution in [0.4, 0.5) is 4.79 Å². The number of hydrogen-bond donors (Lipinski definition) is 3. The Balaban J connectivity index is 2.45. The van der Waals surface area contributed by atoms with Gasteiger partial charge in [-0.3, -0.25) is 9.67 Å². The Bertz CT molecular complexity index is 673. The van der Waals surface area contributed by atoms with Crippen molar-refractivity contribution in [3.63, 3.8) is 0 Å². The molecule has 0 bridgehead atoms. The van der Waals surface area contributed by atoms with E-state index in [1.807, 2.05) is 46.2 Å². The summed E-state index contributed by atoms with van der Waals surface area (Å²) in [7, 11) is 1.73. The van der Waals surface area contributed by atoms with Crippen LogP contribution in [-0.2, 0) is 11.3 Å². The van der Waals surface area contributed by atoms with Crippen molar-refractivity contribution in [3.8, 4) is 0 Å². The number of hydrogen-bond acceptors (Lipinski definition) is 4. The number of alkyl carbamates (subject to hydrolysis) is 1. The Labute approximate surface area is 169 Å². The zero-order valence-corrected chi connectivity index (χ0v) is 18.9. The Morgan fingerprint density at radius 1 is 1.25 bits per heavy atom. The standard InChI is InChI=1S/C20H38N6O2/c1-14(12-26-16(3)10-15(2)25-26)11-22-17(21-9)23-13-20(7,8)24-18(27)28-19(4,5)6/h10,14H,11-13H2,1-9H3,(H,24,27)(H2,21,22,23). The van der Waals surface area contributed by atoms with E-state index in [0.717, 1.165) is 18.8 Å². The lowest BCUT2D eigenvalue weighted by Crippen LogP contribution is -2.54. The highest BCUT2D eigenvalue weighted by Gasteiger charge is 2.24. The number of nitrogens with zero attached hydrogens (tertiary/aromatic N) is 3. The van der Waals surface area contributed by atoms with Gasteiger partial charge in [0.15, 0.2) is 5.96 Å². The van der Waals surface area contributed by atoms with Crippen molar-refractivity contribution < 1.29 is 9.53 Å². The van der Waals surface area contributed by atoms with Crippen molar-refractivity contribution in [1.29, 1.82) is 0 Å². The average Bonchev–Trinajstić information content (AvgIpc) is 2.82. The molecular weight excluding hydrogens is 356 g/mol. The molecule has 0 aliphatic carbocycles. The maximum atomic E-state index is 12.0. The average molecular weight is 395 g/mol. The van der Waals surface area contributed by atoms with Crippen LogP contribution >= 0.6 is 0 Å². The van der Waals surface area contributed by atoms with E-state index in [-0.39, 0.29) is 0 Å². The summed E-state index contributed by atoms with van der Waals surface area (Å²) < 4.78 is 7.36. The van der Waals surface area contributed by atoms with E-state index in [1.165, 1.54) is 5.69 Å². The van der Waals surface area contributed by atoms with Gasteiger partial charge in [-0.2, -0.15) is 5.10 Å². The number of nitrogens with one attached hydrogen (secondary N) is 3. The van der Waals surface area contributed by atoms with Gasteiger partial charge in [0.25, 0.3) is 0 Å². The Hall–Kier alpha value is -2.25. The van der Waals surface area contributed by atoms with Crippen LogP contribution in [-0.4, -0.2) is 53.1 Å². The molecule has 0 saturated heterocycles. The molecule has 1 unspecified atom stereocenters. The van der Waals surface area contributed by atoms with E-state index in [0.29, 0.717) is 18.4 Å². The highest BCUT2D eigenvalue weighted by Crippen LogP contribution is 2.09. The second-order valence-corrected chi connectivity index (χ2v) is 9.03. The Morgan fingerprint density at radius 2 is 1.89 bits per heavy atom. The molecule has 0 radical (unpaired) electrons. The fourth-order valence-corrected chi connectivity index (χ4v) is 2.64. The van der Waals surface area contributed by atoms with Crippen LogP contribution in [0.2, 0.25) is 0 Å². The molecule has 0 saturated carbocycles. The van der Waals surface area contributed by atoms with Crippen molar-refractivity contribution in [3.05, 3.63) is 17.5 Å². The first-order valence-electron chi connectivity index (χ1n) is 9.78. The first kappa shape index (κ1) is 23.8. The fourth-order valence-electron chi connectivity index (χ4n) is 2.64. The lowest BCUT2D eigenvalue weighted by Gasteiger charge is -2.29. The number of carbonyl (C=O) groups excluding carboxylic acids is 1. The minimum atomic E-state index is -0.521. The predicted molar refractivity (Wildman–Crippen MR) is 114 cm³/mol. The molecule has 28 heavy (non-hydrogen) atoms. The lowest BCUT2D eigenvalue weighted by molar-refractivity contribution is 0.0474. The molecule has 1 rings (SSSR count). The molecule has 0 spiro atoms. The van der Waals surface area contributed by atoms with Crippen molar-refractivity contribution >= 4 is 12.1 Å². The van der Waals surface area contributed by atoms with Crippen molar-refractivity contribution in [2.75, 3.05) is 20.1 Å². The largest absolute Gasteiger partial charge is 0.444 e. The summed E-state index contributed by atoms with van der Waals surface area (Å²) in [6, 6.07) is 2.08. The lowest BCUT2D eigenvalue weighted by atomic mass is 10.1. The summed E-state index contributed by atoms with van der Waals surface area (Å²) in [6.45, 7) is 17.8. The van der Waals surface area contributed by atoms with Crippen LogP contribution in [0.25, 0.3) is 0 Å². The van der Waals surface area contributed by atoms with Gasteiger partial charge in [-0.25, -0.2) is 4.79 Å². The topological polar surface area (TPSA) is 92.6 Å². The van der Waals surface area contributed by atoms with Gasteiger partial charge in [-0.1, -0.05) is 6.92 Å². The molecule has 0 fully saturated rings. The smallest absolute Gasteiger partial charge is 0.408 e. The summed E-state index contributed by atoms with van der Waals surface area (Å²) in [5, 5.41) is 14.0. The molecule has 1 aromatic heterocycles. The molecule has 0 aromatic carbocycles. The fraction of sp³-hybridized carbons (Fsp3) is 0.750.